The molecule has 1 amide bonds. The van der Waals surface area contributed by atoms with Gasteiger partial charge in [-0.1, -0.05) is 17.7 Å². The molecule has 1 N–H and O–H groups in total. The lowest BCUT2D eigenvalue weighted by Gasteiger charge is -2.17. The maximum atomic E-state index is 11.8. The van der Waals surface area contributed by atoms with Gasteiger partial charge < -0.3 is 14.8 Å². The number of rotatable bonds is 6. The van der Waals surface area contributed by atoms with Gasteiger partial charge in [0.25, 0.3) is 0 Å². The summed E-state index contributed by atoms with van der Waals surface area (Å²) in [4.78, 5) is 24.5. The largest absolute Gasteiger partial charge is 0.428 e. The van der Waals surface area contributed by atoms with E-state index in [-0.39, 0.29) is 19.3 Å². The average molecular weight is 294 g/mol. The highest BCUT2D eigenvalue weighted by Crippen LogP contribution is 2.14. The molecule has 0 saturated carbocycles. The van der Waals surface area contributed by atoms with Gasteiger partial charge in [-0.15, -0.1) is 0 Å². The summed E-state index contributed by atoms with van der Waals surface area (Å²) in [5.74, 6) is -0.414. The Morgan fingerprint density at radius 1 is 1.24 bits per heavy atom. The molecule has 1 aromatic rings. The highest BCUT2D eigenvalue weighted by Gasteiger charge is 2.14. The van der Waals surface area contributed by atoms with E-state index in [1.807, 2.05) is 38.1 Å². The van der Waals surface area contributed by atoms with Crippen molar-refractivity contribution in [3.8, 4) is 0 Å². The number of nitrogens with zero attached hydrogens (tertiary/aromatic N) is 1. The second kappa shape index (κ2) is 8.26. The summed E-state index contributed by atoms with van der Waals surface area (Å²) in [6.45, 7) is 3.44. The Morgan fingerprint density at radius 3 is 2.43 bits per heavy atom. The van der Waals surface area contributed by atoms with Crippen LogP contribution in [0.5, 0.6) is 0 Å². The van der Waals surface area contributed by atoms with Crippen molar-refractivity contribution in [3.63, 3.8) is 0 Å². The number of hydrogen-bond donors (Lipinski definition) is 1. The molecule has 6 heteroatoms. The minimum absolute atomic E-state index is 0.0171. The van der Waals surface area contributed by atoms with Crippen LogP contribution in [0, 0.1) is 6.92 Å². The van der Waals surface area contributed by atoms with Gasteiger partial charge >= 0.3 is 12.1 Å². The lowest BCUT2D eigenvalue weighted by atomic mass is 10.2. The average Bonchev–Trinajstić information content (AvgIpc) is 2.46. The van der Waals surface area contributed by atoms with Crippen LogP contribution in [0.15, 0.2) is 24.3 Å². The van der Waals surface area contributed by atoms with Crippen LogP contribution in [0.1, 0.15) is 18.9 Å². The third-order valence-electron chi connectivity index (χ3n) is 3.06. The number of benzene rings is 1. The van der Waals surface area contributed by atoms with E-state index in [2.05, 4.69) is 5.32 Å². The fourth-order valence-corrected chi connectivity index (χ4v) is 1.53. The summed E-state index contributed by atoms with van der Waals surface area (Å²) in [5.41, 5.74) is 1.81. The molecule has 1 rings (SSSR count). The molecule has 1 unspecified atom stereocenters. The lowest BCUT2D eigenvalue weighted by molar-refractivity contribution is -0.152. The first-order valence-corrected chi connectivity index (χ1v) is 6.74. The molecule has 1 aromatic carbocycles. The van der Waals surface area contributed by atoms with Crippen molar-refractivity contribution in [2.75, 3.05) is 25.8 Å². The molecule has 0 aliphatic carbocycles. The fourth-order valence-electron chi connectivity index (χ4n) is 1.53. The maximum absolute atomic E-state index is 11.8. The number of esters is 1. The van der Waals surface area contributed by atoms with Crippen molar-refractivity contribution in [3.05, 3.63) is 29.8 Å². The SMILES string of the molecule is CNC(C)CC(=O)OCOC(=O)N(C)c1ccc(C)cc1. The van der Waals surface area contributed by atoms with Crippen LogP contribution in [0.3, 0.4) is 0 Å². The topological polar surface area (TPSA) is 67.9 Å². The van der Waals surface area contributed by atoms with Crippen LogP contribution >= 0.6 is 0 Å². The van der Waals surface area contributed by atoms with Crippen molar-refractivity contribution in [1.29, 1.82) is 0 Å². The minimum atomic E-state index is -0.576. The molecular formula is C15H22N2O4. The number of nitrogens with one attached hydrogen (secondary N) is 1. The van der Waals surface area contributed by atoms with Crippen molar-refractivity contribution < 1.29 is 19.1 Å². The fraction of sp³-hybridized carbons (Fsp3) is 0.467. The summed E-state index contributed by atoms with van der Waals surface area (Å²) in [7, 11) is 3.35. The van der Waals surface area contributed by atoms with Gasteiger partial charge in [0.2, 0.25) is 6.79 Å². The Labute approximate surface area is 125 Å². The molecule has 0 bridgehead atoms. The zero-order chi connectivity index (χ0) is 15.8. The van der Waals surface area contributed by atoms with E-state index < -0.39 is 12.1 Å². The minimum Gasteiger partial charge on any atom is -0.428 e. The van der Waals surface area contributed by atoms with Crippen molar-refractivity contribution in [1.82, 2.24) is 5.32 Å². The van der Waals surface area contributed by atoms with Gasteiger partial charge in [0.1, 0.15) is 0 Å². The molecule has 0 saturated heterocycles. The first kappa shape index (κ1) is 17.0. The van der Waals surface area contributed by atoms with Crippen LogP contribution in [0.25, 0.3) is 0 Å². The Balaban J connectivity index is 2.36. The number of hydrogen-bond acceptors (Lipinski definition) is 5. The summed E-state index contributed by atoms with van der Waals surface area (Å²) in [6, 6.07) is 7.45. The summed E-state index contributed by atoms with van der Waals surface area (Å²) in [5, 5.41) is 2.92. The van der Waals surface area contributed by atoms with Crippen molar-refractivity contribution >= 4 is 17.7 Å². The van der Waals surface area contributed by atoms with E-state index in [1.165, 1.54) is 4.90 Å². The molecule has 1 atom stereocenters. The highest BCUT2D eigenvalue weighted by atomic mass is 16.7. The van der Waals surface area contributed by atoms with E-state index in [9.17, 15) is 9.59 Å². The Morgan fingerprint density at radius 2 is 1.86 bits per heavy atom. The first-order chi connectivity index (χ1) is 9.93. The number of carbonyl (C=O) groups excluding carboxylic acids is 2. The normalized spacial score (nSPS) is 11.6. The summed E-state index contributed by atoms with van der Waals surface area (Å²) >= 11 is 0. The van der Waals surface area contributed by atoms with Gasteiger partial charge in [0, 0.05) is 18.8 Å². The third-order valence-corrected chi connectivity index (χ3v) is 3.06. The predicted molar refractivity (Wildman–Crippen MR) is 80.2 cm³/mol. The molecule has 116 valence electrons. The van der Waals surface area contributed by atoms with Gasteiger partial charge in [-0.25, -0.2) is 4.79 Å². The lowest BCUT2D eigenvalue weighted by Crippen LogP contribution is -2.29. The van der Waals surface area contributed by atoms with Crippen molar-refractivity contribution in [2.45, 2.75) is 26.3 Å². The van der Waals surface area contributed by atoms with E-state index in [4.69, 9.17) is 9.47 Å². The van der Waals surface area contributed by atoms with Crippen LogP contribution in [-0.4, -0.2) is 39.0 Å². The molecule has 0 fully saturated rings. The van der Waals surface area contributed by atoms with Gasteiger partial charge in [-0.2, -0.15) is 0 Å². The number of amides is 1. The smallest absolute Gasteiger partial charge is 0.416 e. The van der Waals surface area contributed by atoms with E-state index in [0.29, 0.717) is 5.69 Å². The molecule has 0 spiro atoms. The quantitative estimate of drug-likeness (QED) is 0.642. The van der Waals surface area contributed by atoms with Gasteiger partial charge in [0.05, 0.1) is 6.42 Å². The monoisotopic (exact) mass is 294 g/mol. The van der Waals surface area contributed by atoms with Gasteiger partial charge in [-0.3, -0.25) is 9.69 Å². The number of anilines is 1. The molecule has 0 radical (unpaired) electrons. The zero-order valence-corrected chi connectivity index (χ0v) is 12.9. The first-order valence-electron chi connectivity index (χ1n) is 6.74. The standard InChI is InChI=1S/C15H22N2O4/c1-11-5-7-13(8-6-11)17(4)15(19)21-10-20-14(18)9-12(2)16-3/h5-8,12,16H,9-10H2,1-4H3. The summed E-state index contributed by atoms with van der Waals surface area (Å²) < 4.78 is 9.74. The number of ether oxygens (including phenoxy) is 2. The van der Waals surface area contributed by atoms with E-state index in [0.717, 1.165) is 5.56 Å². The van der Waals surface area contributed by atoms with Crippen LogP contribution in [0.4, 0.5) is 10.5 Å². The highest BCUT2D eigenvalue weighted by molar-refractivity contribution is 5.86. The Bertz CT molecular complexity index is 473. The third kappa shape index (κ3) is 5.83. The molecule has 0 aromatic heterocycles. The molecule has 0 aliphatic rings. The Hall–Kier alpha value is -2.08. The number of aryl methyl sites for hydroxylation is 1. The van der Waals surface area contributed by atoms with Gasteiger partial charge in [0.15, 0.2) is 0 Å². The van der Waals surface area contributed by atoms with Crippen LogP contribution < -0.4 is 10.2 Å². The van der Waals surface area contributed by atoms with E-state index in [1.54, 1.807) is 14.1 Å². The predicted octanol–water partition coefficient (Wildman–Crippen LogP) is 2.07. The number of carbonyl (C=O) groups is 2. The molecule has 6 nitrogen and oxygen atoms in total. The molecule has 0 aliphatic heterocycles. The second-order valence-electron chi connectivity index (χ2n) is 4.83. The van der Waals surface area contributed by atoms with E-state index >= 15 is 0 Å². The van der Waals surface area contributed by atoms with Gasteiger partial charge in [-0.05, 0) is 33.0 Å². The summed E-state index contributed by atoms with van der Waals surface area (Å²) in [6.07, 6.45) is -0.352. The molecule has 21 heavy (non-hydrogen) atoms. The molecule has 0 heterocycles. The second-order valence-corrected chi connectivity index (χ2v) is 4.83. The van der Waals surface area contributed by atoms with Crippen LogP contribution in [-0.2, 0) is 14.3 Å². The zero-order valence-electron chi connectivity index (χ0n) is 12.9. The Kier molecular flexibility index (Phi) is 6.68. The molecular weight excluding hydrogens is 272 g/mol. The van der Waals surface area contributed by atoms with Crippen LogP contribution in [0.2, 0.25) is 0 Å². The van der Waals surface area contributed by atoms with Crippen molar-refractivity contribution in [2.24, 2.45) is 0 Å². The maximum Gasteiger partial charge on any atom is 0.416 e.